The molecule has 3 aromatic carbocycles. The van der Waals surface area contributed by atoms with E-state index in [2.05, 4.69) is 10.6 Å². The maximum Gasteiger partial charge on any atom is 0.253 e. The van der Waals surface area contributed by atoms with E-state index < -0.39 is 6.04 Å². The number of anilines is 1. The van der Waals surface area contributed by atoms with Crippen molar-refractivity contribution in [2.24, 2.45) is 0 Å². The third-order valence-corrected chi connectivity index (χ3v) is 5.84. The Balaban J connectivity index is 1.44. The topological polar surface area (TPSA) is 78.5 Å². The molecule has 172 valence electrons. The first kappa shape index (κ1) is 23.0. The molecular weight excluding hydrogens is 426 g/mol. The van der Waals surface area contributed by atoms with Crippen molar-refractivity contribution >= 4 is 29.5 Å². The molecule has 1 aliphatic rings. The molecule has 1 unspecified atom stereocenters. The van der Waals surface area contributed by atoms with Crippen LogP contribution in [0.5, 0.6) is 0 Å². The lowest BCUT2D eigenvalue weighted by molar-refractivity contribution is -0.129. The Morgan fingerprint density at radius 2 is 1.59 bits per heavy atom. The maximum absolute atomic E-state index is 13.0. The van der Waals surface area contributed by atoms with Crippen molar-refractivity contribution < 1.29 is 14.4 Å². The van der Waals surface area contributed by atoms with E-state index in [1.807, 2.05) is 60.7 Å². The summed E-state index contributed by atoms with van der Waals surface area (Å²) < 4.78 is 0. The second-order valence-electron chi connectivity index (χ2n) is 8.18. The summed E-state index contributed by atoms with van der Waals surface area (Å²) in [6, 6.07) is 24.2. The zero-order valence-electron chi connectivity index (χ0n) is 19.0. The van der Waals surface area contributed by atoms with E-state index >= 15 is 0 Å². The monoisotopic (exact) mass is 453 g/mol. The fourth-order valence-electron chi connectivity index (χ4n) is 4.14. The van der Waals surface area contributed by atoms with Gasteiger partial charge in [0, 0.05) is 19.7 Å². The van der Waals surface area contributed by atoms with Gasteiger partial charge in [0.15, 0.2) is 0 Å². The molecule has 1 aliphatic heterocycles. The minimum Gasteiger partial charge on any atom is -0.352 e. The molecule has 0 aliphatic carbocycles. The van der Waals surface area contributed by atoms with E-state index in [-0.39, 0.29) is 24.1 Å². The van der Waals surface area contributed by atoms with Gasteiger partial charge in [-0.25, -0.2) is 0 Å². The van der Waals surface area contributed by atoms with Crippen LogP contribution in [0.15, 0.2) is 85.1 Å². The van der Waals surface area contributed by atoms with Gasteiger partial charge in [0.2, 0.25) is 11.8 Å². The average molecular weight is 454 g/mol. The van der Waals surface area contributed by atoms with Crippen molar-refractivity contribution in [2.75, 3.05) is 11.9 Å². The summed E-state index contributed by atoms with van der Waals surface area (Å²) in [5.41, 5.74) is 3.88. The Morgan fingerprint density at radius 3 is 2.38 bits per heavy atom. The molecule has 0 bridgehead atoms. The SMILES string of the molecule is CC(=O)N1C=Cc2ccccc2C1CC(=O)Nc1ccccc1C(=O)NCCc1ccccc1. The number of amides is 3. The highest BCUT2D eigenvalue weighted by Crippen LogP contribution is 2.33. The van der Waals surface area contributed by atoms with Crippen molar-refractivity contribution in [3.63, 3.8) is 0 Å². The van der Waals surface area contributed by atoms with E-state index in [1.165, 1.54) is 6.92 Å². The Morgan fingerprint density at radius 1 is 0.882 bits per heavy atom. The molecule has 34 heavy (non-hydrogen) atoms. The molecule has 0 fully saturated rings. The third kappa shape index (κ3) is 5.41. The van der Waals surface area contributed by atoms with Crippen LogP contribution in [0.25, 0.3) is 6.08 Å². The van der Waals surface area contributed by atoms with Gasteiger partial charge < -0.3 is 15.5 Å². The molecule has 1 atom stereocenters. The number of benzene rings is 3. The summed E-state index contributed by atoms with van der Waals surface area (Å²) in [7, 11) is 0. The van der Waals surface area contributed by atoms with Crippen molar-refractivity contribution in [2.45, 2.75) is 25.8 Å². The first-order chi connectivity index (χ1) is 16.5. The Kier molecular flexibility index (Phi) is 7.18. The van der Waals surface area contributed by atoms with Gasteiger partial charge >= 0.3 is 0 Å². The van der Waals surface area contributed by atoms with Gasteiger partial charge in [-0.15, -0.1) is 0 Å². The summed E-state index contributed by atoms with van der Waals surface area (Å²) in [6.07, 6.45) is 4.39. The van der Waals surface area contributed by atoms with Crippen LogP contribution in [0.4, 0.5) is 5.69 Å². The van der Waals surface area contributed by atoms with Crippen LogP contribution in [-0.2, 0) is 16.0 Å². The zero-order chi connectivity index (χ0) is 23.9. The van der Waals surface area contributed by atoms with E-state index in [4.69, 9.17) is 0 Å². The van der Waals surface area contributed by atoms with Crippen LogP contribution in [0.3, 0.4) is 0 Å². The number of para-hydroxylation sites is 1. The number of hydrogen-bond donors (Lipinski definition) is 2. The molecule has 4 rings (SSSR count). The smallest absolute Gasteiger partial charge is 0.253 e. The molecule has 0 radical (unpaired) electrons. The van der Waals surface area contributed by atoms with Crippen molar-refractivity contribution in [1.29, 1.82) is 0 Å². The molecule has 3 amide bonds. The fourth-order valence-corrected chi connectivity index (χ4v) is 4.14. The number of carbonyl (C=O) groups is 3. The summed E-state index contributed by atoms with van der Waals surface area (Å²) in [4.78, 5) is 39.6. The molecule has 2 N–H and O–H groups in total. The Bertz CT molecular complexity index is 1220. The molecule has 3 aromatic rings. The first-order valence-corrected chi connectivity index (χ1v) is 11.3. The van der Waals surface area contributed by atoms with Crippen LogP contribution in [0.2, 0.25) is 0 Å². The van der Waals surface area contributed by atoms with Gasteiger partial charge in [0.25, 0.3) is 5.91 Å². The highest BCUT2D eigenvalue weighted by molar-refractivity contribution is 6.04. The van der Waals surface area contributed by atoms with E-state index in [0.29, 0.717) is 17.8 Å². The van der Waals surface area contributed by atoms with Gasteiger partial charge in [0.05, 0.1) is 23.7 Å². The maximum atomic E-state index is 13.0. The second kappa shape index (κ2) is 10.6. The summed E-state index contributed by atoms with van der Waals surface area (Å²) in [5, 5.41) is 5.80. The number of fused-ring (bicyclic) bond motifs is 1. The second-order valence-corrected chi connectivity index (χ2v) is 8.18. The Hall–Kier alpha value is -4.19. The van der Waals surface area contributed by atoms with E-state index in [9.17, 15) is 14.4 Å². The third-order valence-electron chi connectivity index (χ3n) is 5.84. The molecule has 0 saturated heterocycles. The molecule has 6 nitrogen and oxygen atoms in total. The lowest BCUT2D eigenvalue weighted by Gasteiger charge is -2.32. The van der Waals surface area contributed by atoms with E-state index in [1.54, 1.807) is 35.4 Å². The van der Waals surface area contributed by atoms with Crippen LogP contribution < -0.4 is 10.6 Å². The van der Waals surface area contributed by atoms with Gasteiger partial charge in [-0.3, -0.25) is 14.4 Å². The van der Waals surface area contributed by atoms with Crippen LogP contribution in [0, 0.1) is 0 Å². The fraction of sp³-hybridized carbons (Fsp3) is 0.179. The standard InChI is InChI=1S/C28H27N3O3/c1-20(32)31-18-16-22-11-5-6-12-23(22)26(31)19-27(33)30-25-14-8-7-13-24(25)28(34)29-17-15-21-9-3-2-4-10-21/h2-14,16,18,26H,15,17,19H2,1H3,(H,29,34)(H,30,33). The molecule has 0 spiro atoms. The number of rotatable bonds is 7. The van der Waals surface area contributed by atoms with Gasteiger partial charge in [-0.1, -0.05) is 66.7 Å². The first-order valence-electron chi connectivity index (χ1n) is 11.3. The summed E-state index contributed by atoms with van der Waals surface area (Å²) in [5.74, 6) is -0.657. The number of hydrogen-bond acceptors (Lipinski definition) is 3. The predicted octanol–water partition coefficient (Wildman–Crippen LogP) is 4.56. The molecule has 1 heterocycles. The minimum absolute atomic E-state index is 0.0743. The summed E-state index contributed by atoms with van der Waals surface area (Å²) >= 11 is 0. The van der Waals surface area contributed by atoms with Gasteiger partial charge in [-0.2, -0.15) is 0 Å². The molecule has 0 saturated carbocycles. The zero-order valence-corrected chi connectivity index (χ0v) is 19.0. The van der Waals surface area contributed by atoms with Crippen molar-refractivity contribution in [3.05, 3.63) is 107 Å². The number of carbonyl (C=O) groups excluding carboxylic acids is 3. The highest BCUT2D eigenvalue weighted by atomic mass is 16.2. The van der Waals surface area contributed by atoms with Gasteiger partial charge in [0.1, 0.15) is 0 Å². The van der Waals surface area contributed by atoms with Crippen LogP contribution >= 0.6 is 0 Å². The minimum atomic E-state index is -0.412. The van der Waals surface area contributed by atoms with Crippen LogP contribution in [0.1, 0.15) is 46.4 Å². The Labute approximate surface area is 199 Å². The van der Waals surface area contributed by atoms with Gasteiger partial charge in [-0.05, 0) is 41.3 Å². The van der Waals surface area contributed by atoms with Crippen LogP contribution in [-0.4, -0.2) is 29.2 Å². The van der Waals surface area contributed by atoms with Crippen molar-refractivity contribution in [3.8, 4) is 0 Å². The predicted molar refractivity (Wildman–Crippen MR) is 133 cm³/mol. The molecule has 6 heteroatoms. The van der Waals surface area contributed by atoms with Crippen molar-refractivity contribution in [1.82, 2.24) is 10.2 Å². The number of nitrogens with one attached hydrogen (secondary N) is 2. The quantitative estimate of drug-likeness (QED) is 0.550. The summed E-state index contributed by atoms with van der Waals surface area (Å²) in [6.45, 7) is 1.97. The molecular formula is C28H27N3O3. The largest absolute Gasteiger partial charge is 0.352 e. The molecule has 0 aromatic heterocycles. The lowest BCUT2D eigenvalue weighted by Crippen LogP contribution is -2.33. The lowest BCUT2D eigenvalue weighted by atomic mass is 9.93. The highest BCUT2D eigenvalue weighted by Gasteiger charge is 2.28. The van der Waals surface area contributed by atoms with E-state index in [0.717, 1.165) is 23.1 Å². The average Bonchev–Trinajstić information content (AvgIpc) is 2.85. The number of nitrogens with zero attached hydrogens (tertiary/aromatic N) is 1. The normalized spacial score (nSPS) is 14.3.